The number of benzene rings is 6. The number of hydrogen-bond donors (Lipinski definition) is 7. The van der Waals surface area contributed by atoms with Crippen molar-refractivity contribution in [2.24, 2.45) is 35.5 Å². The summed E-state index contributed by atoms with van der Waals surface area (Å²) < 4.78 is 31.8. The van der Waals surface area contributed by atoms with E-state index >= 15 is 0 Å². The van der Waals surface area contributed by atoms with Gasteiger partial charge in [-0.05, 0) is 384 Å². The molecule has 2 unspecified atom stereocenters. The van der Waals surface area contributed by atoms with Crippen molar-refractivity contribution in [1.82, 2.24) is 0 Å². The molecule has 756 valence electrons. The Bertz CT molecular complexity index is 4690. The van der Waals surface area contributed by atoms with Crippen molar-refractivity contribution in [2.45, 2.75) is 454 Å². The summed E-state index contributed by atoms with van der Waals surface area (Å²) >= 11 is 0. The molecule has 12 atom stereocenters. The van der Waals surface area contributed by atoms with E-state index in [0.29, 0.717) is 63.9 Å². The Labute approximate surface area is 834 Å². The highest BCUT2D eigenvalue weighted by Gasteiger charge is 2.51. The molecule has 0 amide bonds. The number of ether oxygens (including phenoxy) is 5. The van der Waals surface area contributed by atoms with E-state index in [2.05, 4.69) is 226 Å². The summed E-state index contributed by atoms with van der Waals surface area (Å²) in [5.41, 5.74) is 21.4. The van der Waals surface area contributed by atoms with Gasteiger partial charge >= 0.3 is 0 Å². The van der Waals surface area contributed by atoms with E-state index in [1.165, 1.54) is 170 Å². The third-order valence-corrected chi connectivity index (χ3v) is 33.0. The van der Waals surface area contributed by atoms with Crippen molar-refractivity contribution < 1.29 is 59.4 Å². The van der Waals surface area contributed by atoms with Crippen LogP contribution in [0.15, 0.2) is 155 Å². The van der Waals surface area contributed by atoms with Crippen LogP contribution in [-0.4, -0.2) is 63.8 Å². The third-order valence-electron chi connectivity index (χ3n) is 33.0. The Morgan fingerprint density at radius 1 is 0.254 bits per heavy atom. The lowest BCUT2D eigenvalue weighted by molar-refractivity contribution is 0.0104. The van der Waals surface area contributed by atoms with Gasteiger partial charge in [-0.1, -0.05) is 201 Å². The third kappa shape index (κ3) is 26.1. The molecule has 0 spiro atoms. The number of aryl methyl sites for hydroxylation is 6. The quantitative estimate of drug-likeness (QED) is 0.0201. The van der Waals surface area contributed by atoms with Crippen LogP contribution in [0.3, 0.4) is 0 Å². The lowest BCUT2D eigenvalue weighted by Crippen LogP contribution is -2.45. The van der Waals surface area contributed by atoms with E-state index in [1.807, 2.05) is 49.4 Å². The summed E-state index contributed by atoms with van der Waals surface area (Å²) in [6.45, 7) is 54.5. The summed E-state index contributed by atoms with van der Waals surface area (Å²) in [7, 11) is 0. The molecule has 6 aromatic rings. The van der Waals surface area contributed by atoms with Crippen molar-refractivity contribution in [3.8, 4) is 69.0 Å². The van der Waals surface area contributed by atoms with Gasteiger partial charge in [0.15, 0.2) is 0 Å². The van der Waals surface area contributed by atoms with Gasteiger partial charge in [-0.3, -0.25) is 0 Å². The van der Waals surface area contributed by atoms with Gasteiger partial charge in [-0.15, -0.1) is 0 Å². The molecule has 0 saturated heterocycles. The number of phenols is 7. The average Bonchev–Trinajstić information content (AvgIpc) is 0.757. The number of rotatable bonds is 26. The molecule has 138 heavy (non-hydrogen) atoms. The van der Waals surface area contributed by atoms with Gasteiger partial charge in [0, 0.05) is 98.5 Å². The Kier molecular flexibility index (Phi) is 37.0. The van der Waals surface area contributed by atoms with Crippen molar-refractivity contribution in [2.75, 3.05) is 0 Å². The van der Waals surface area contributed by atoms with Crippen molar-refractivity contribution in [1.29, 1.82) is 0 Å². The van der Waals surface area contributed by atoms with Gasteiger partial charge in [-0.25, -0.2) is 0 Å². The molecule has 7 N–H and O–H groups in total. The van der Waals surface area contributed by atoms with Crippen LogP contribution in [0.25, 0.3) is 0 Å². The predicted molar refractivity (Wildman–Crippen MR) is 573 cm³/mol. The highest BCUT2D eigenvalue weighted by Crippen LogP contribution is 2.61. The van der Waals surface area contributed by atoms with Crippen molar-refractivity contribution in [3.05, 3.63) is 222 Å². The maximum absolute atomic E-state index is 10.7. The maximum Gasteiger partial charge on any atom is 0.127 e. The van der Waals surface area contributed by atoms with Crippen LogP contribution in [0.2, 0.25) is 0 Å². The van der Waals surface area contributed by atoms with Gasteiger partial charge < -0.3 is 59.4 Å². The predicted octanol–water partition coefficient (Wildman–Crippen LogP) is 34.5. The summed E-state index contributed by atoms with van der Waals surface area (Å²) in [5.74, 6) is 11.0. The van der Waals surface area contributed by atoms with Gasteiger partial charge in [0.25, 0.3) is 0 Å². The maximum atomic E-state index is 10.7. The molecule has 12 nitrogen and oxygen atoms in total. The van der Waals surface area contributed by atoms with Crippen LogP contribution in [-0.2, 0) is 38.5 Å². The van der Waals surface area contributed by atoms with Gasteiger partial charge in [-0.2, -0.15) is 0 Å². The van der Waals surface area contributed by atoms with Crippen LogP contribution in [0.4, 0.5) is 0 Å². The molecule has 12 heteroatoms. The summed E-state index contributed by atoms with van der Waals surface area (Å²) in [6.07, 6.45) is 54.9. The van der Waals surface area contributed by atoms with E-state index in [4.69, 9.17) is 23.7 Å². The fourth-order valence-corrected chi connectivity index (χ4v) is 25.2. The molecule has 0 fully saturated rings. The van der Waals surface area contributed by atoms with Crippen LogP contribution >= 0.6 is 0 Å². The molecule has 11 aliphatic rings. The second kappa shape index (κ2) is 47.3. The first-order valence-corrected chi connectivity index (χ1v) is 54.5. The molecule has 0 saturated carbocycles. The standard InChI is InChI=1S/6C21H30O2/c5*1-5-6-7-8-15-12-18(22)20-16-11-14(2)9-10-17(16)21(3,4)23-19(20)13-15;1-5-6-7-8-16-12-19(22)21(20(23)13-16)18-11-15(4)9-10-17(18)14(2)3/h5*11-13,16-17,22H,5-10H2,1-4H3;11-13,17-18,22-23H,2,5-10H2,1,3-4H3/t2*16-,17+;2*16-,17-;;17-,18+/m1010.0/s1. The highest BCUT2D eigenvalue weighted by molar-refractivity contribution is 5.60. The molecular formula is C126H180O12. The van der Waals surface area contributed by atoms with Crippen molar-refractivity contribution >= 4 is 0 Å². The Morgan fingerprint density at radius 2 is 0.420 bits per heavy atom. The zero-order chi connectivity index (χ0) is 100. The van der Waals surface area contributed by atoms with Crippen molar-refractivity contribution in [3.63, 3.8) is 0 Å². The van der Waals surface area contributed by atoms with Crippen LogP contribution in [0.1, 0.15) is 454 Å². The van der Waals surface area contributed by atoms with E-state index in [-0.39, 0.29) is 80.9 Å². The van der Waals surface area contributed by atoms with Crippen LogP contribution < -0.4 is 23.7 Å². The number of allylic oxidation sites excluding steroid dienone is 13. The molecule has 5 aliphatic heterocycles. The number of aromatic hydroxyl groups is 7. The zero-order valence-electron chi connectivity index (χ0n) is 89.7. The Balaban J connectivity index is 0.000000149. The van der Waals surface area contributed by atoms with Crippen LogP contribution in [0, 0.1) is 35.5 Å². The van der Waals surface area contributed by atoms with E-state index in [0.717, 1.165) is 190 Å². The number of phenolic OH excluding ortho intramolecular Hbond substituents is 7. The monoisotopic (exact) mass is 1890 g/mol. The second-order valence-corrected chi connectivity index (χ2v) is 46.4. The molecule has 5 heterocycles. The largest absolute Gasteiger partial charge is 0.507 e. The fraction of sp³-hybridized carbons (Fsp3) is 0.603. The minimum atomic E-state index is -0.177. The molecule has 17 rings (SSSR count). The molecule has 0 radical (unpaired) electrons. The summed E-state index contributed by atoms with van der Waals surface area (Å²) in [6, 6.07) is 24.3. The van der Waals surface area contributed by atoms with Gasteiger partial charge in [0.05, 0.1) is 0 Å². The number of hydrogen-bond acceptors (Lipinski definition) is 12. The molecular weight excluding hydrogens is 1710 g/mol. The summed E-state index contributed by atoms with van der Waals surface area (Å²) in [5, 5.41) is 74.5. The zero-order valence-corrected chi connectivity index (χ0v) is 89.7. The van der Waals surface area contributed by atoms with E-state index in [9.17, 15) is 35.7 Å². The highest BCUT2D eigenvalue weighted by atomic mass is 16.5. The smallest absolute Gasteiger partial charge is 0.127 e. The van der Waals surface area contributed by atoms with E-state index < -0.39 is 0 Å². The first-order valence-electron chi connectivity index (χ1n) is 54.5. The minimum Gasteiger partial charge on any atom is -0.507 e. The topological polar surface area (TPSA) is 188 Å². The summed E-state index contributed by atoms with van der Waals surface area (Å²) in [4.78, 5) is 0. The Hall–Kier alpha value is -8.90. The molecule has 0 bridgehead atoms. The SMILES string of the molecule is C=C(C)[C@@H]1CCC(C)=C[C@H]1c1c(O)cc(CCCCC)cc1O.CCCCCc1cc(O)c2c(c1)OC(C)(C)C1CCC(C)=CC21.CCCCCc1cc(O)c2c(c1)OC(C)(C)[C@@H]1CCC(C)=C[C@@H]21.CCCCCc1cc(O)c2c(c1)OC(C)(C)[C@@H]1CCC(C)=C[C@H]21.CCCCCc1cc(O)c2c(c1)OC(C)(C)[C@H]1CCC(C)=C[C@@H]21.CCCCCc1cc(O)c2c(c1)OC(C)(C)[C@H]1CCC(C)=C[C@H]21. The Morgan fingerprint density at radius 3 is 0.601 bits per heavy atom. The minimum absolute atomic E-state index is 0.0194. The number of unbranched alkanes of at least 4 members (excludes halogenated alkanes) is 12. The van der Waals surface area contributed by atoms with E-state index in [1.54, 1.807) is 0 Å². The fourth-order valence-electron chi connectivity index (χ4n) is 25.2. The van der Waals surface area contributed by atoms with Gasteiger partial charge in [0.1, 0.15) is 97.0 Å². The lowest BCUT2D eigenvalue weighted by atomic mass is 9.68. The molecule has 6 aliphatic carbocycles. The number of fused-ring (bicyclic) bond motifs is 15. The molecule has 0 aromatic heterocycles. The lowest BCUT2D eigenvalue weighted by Gasteiger charge is -2.46. The first kappa shape index (κ1) is 108. The molecule has 6 aromatic carbocycles. The average molecular weight is 1890 g/mol. The normalized spacial score (nSPS) is 24.5. The first-order chi connectivity index (χ1) is 65.5. The second-order valence-electron chi connectivity index (χ2n) is 46.4. The van der Waals surface area contributed by atoms with Gasteiger partial charge in [0.2, 0.25) is 0 Å². The van der Waals surface area contributed by atoms with Crippen LogP contribution in [0.5, 0.6) is 69.0 Å².